The summed E-state index contributed by atoms with van der Waals surface area (Å²) in [5.74, 6) is 0.801. The Hall–Kier alpha value is -0.943. The first-order valence-electron chi connectivity index (χ1n) is 14.6. The summed E-state index contributed by atoms with van der Waals surface area (Å²) in [6.45, 7) is 20.8. The highest BCUT2D eigenvalue weighted by molar-refractivity contribution is 6.74. The fraction of sp³-hybridized carbons (Fsp3) is 0.839. The second-order valence-corrected chi connectivity index (χ2v) is 19.0. The monoisotopic (exact) mass is 518 g/mol. The topological polar surface area (TPSA) is 35.5 Å². The molecule has 0 saturated heterocycles. The molecular formula is C31H51FO3Si. The number of halogens is 1. The molecule has 0 bridgehead atoms. The average molecular weight is 519 g/mol. The number of ether oxygens (including phenoxy) is 1. The van der Waals surface area contributed by atoms with Crippen LogP contribution in [0.2, 0.25) is 18.1 Å². The molecule has 4 rings (SSSR count). The third kappa shape index (κ3) is 4.48. The number of fused-ring (bicyclic) bond motifs is 5. The minimum absolute atomic E-state index is 0.217. The van der Waals surface area contributed by atoms with Crippen molar-refractivity contribution < 1.29 is 18.3 Å². The molecule has 3 nitrogen and oxygen atoms in total. The lowest BCUT2D eigenvalue weighted by Gasteiger charge is -2.60. The van der Waals surface area contributed by atoms with Crippen LogP contribution in [0.25, 0.3) is 0 Å². The van der Waals surface area contributed by atoms with Crippen molar-refractivity contribution in [2.24, 2.45) is 34.5 Å². The maximum Gasteiger partial charge on any atom is 0.367 e. The van der Waals surface area contributed by atoms with E-state index in [2.05, 4.69) is 60.7 Å². The van der Waals surface area contributed by atoms with Gasteiger partial charge in [0.05, 0.1) is 6.61 Å². The standard InChI is InChI=1S/C31H51FO3Si/c1-10-20-18-21-19-22(35-36(8,9)29(3,4)5)14-16-30(21,6)24-15-17-31(7)23(26(20)24)12-13-25(31)27(32)28(33)34-11-2/h18,20,22-24,26H,10-17,19H2,1-9H3/t20-,22?,23-,24-,26-,30-,31-/m0/s1. The summed E-state index contributed by atoms with van der Waals surface area (Å²) in [4.78, 5) is 12.3. The Balaban J connectivity index is 1.63. The van der Waals surface area contributed by atoms with E-state index in [0.29, 0.717) is 36.2 Å². The van der Waals surface area contributed by atoms with E-state index in [-0.39, 0.29) is 22.5 Å². The van der Waals surface area contributed by atoms with Crippen molar-refractivity contribution in [2.45, 2.75) is 124 Å². The van der Waals surface area contributed by atoms with Gasteiger partial charge in [-0.3, -0.25) is 0 Å². The third-order valence-corrected chi connectivity index (χ3v) is 16.0. The predicted molar refractivity (Wildman–Crippen MR) is 148 cm³/mol. The molecule has 204 valence electrons. The van der Waals surface area contributed by atoms with Crippen LogP contribution in [0.3, 0.4) is 0 Å². The largest absolute Gasteiger partial charge is 0.461 e. The van der Waals surface area contributed by atoms with Crippen molar-refractivity contribution in [3.63, 3.8) is 0 Å². The van der Waals surface area contributed by atoms with E-state index in [0.717, 1.165) is 44.1 Å². The van der Waals surface area contributed by atoms with Gasteiger partial charge >= 0.3 is 5.97 Å². The summed E-state index contributed by atoms with van der Waals surface area (Å²) in [6, 6.07) is 0. The molecule has 0 radical (unpaired) electrons. The van der Waals surface area contributed by atoms with Crippen molar-refractivity contribution >= 4 is 14.3 Å². The van der Waals surface area contributed by atoms with E-state index in [1.807, 2.05) is 0 Å². The zero-order valence-corrected chi connectivity index (χ0v) is 25.4. The second-order valence-electron chi connectivity index (χ2n) is 14.2. The lowest BCUT2D eigenvalue weighted by Crippen LogP contribution is -2.53. The predicted octanol–water partition coefficient (Wildman–Crippen LogP) is 8.76. The molecule has 0 heterocycles. The van der Waals surface area contributed by atoms with Gasteiger partial charge in [0, 0.05) is 6.10 Å². The molecule has 4 aliphatic carbocycles. The minimum Gasteiger partial charge on any atom is -0.461 e. The number of allylic oxidation sites excluding steroid dienone is 2. The van der Waals surface area contributed by atoms with Crippen LogP contribution in [-0.4, -0.2) is 27.0 Å². The quantitative estimate of drug-likeness (QED) is 0.158. The third-order valence-electron chi connectivity index (χ3n) is 11.5. The van der Waals surface area contributed by atoms with Crippen molar-refractivity contribution in [1.82, 2.24) is 0 Å². The van der Waals surface area contributed by atoms with Gasteiger partial charge < -0.3 is 9.16 Å². The van der Waals surface area contributed by atoms with Crippen LogP contribution in [0, 0.1) is 34.5 Å². The Morgan fingerprint density at radius 3 is 2.33 bits per heavy atom. The van der Waals surface area contributed by atoms with Crippen LogP contribution in [0.4, 0.5) is 4.39 Å². The molecule has 0 aromatic rings. The van der Waals surface area contributed by atoms with Gasteiger partial charge in [-0.05, 0) is 116 Å². The van der Waals surface area contributed by atoms with Crippen molar-refractivity contribution in [3.8, 4) is 0 Å². The van der Waals surface area contributed by atoms with Crippen LogP contribution in [0.5, 0.6) is 0 Å². The van der Waals surface area contributed by atoms with Gasteiger partial charge in [-0.15, -0.1) is 0 Å². The SMILES string of the molecule is CCOC(=O)C(F)=C1CC[C@H]2[C@@H]3[C@@H](CC)C=C4CC(O[Si](C)(C)C(C)(C)C)CC[C@]4(C)[C@H]3CC[C@]12C. The molecule has 3 saturated carbocycles. The normalized spacial score (nSPS) is 40.1. The van der Waals surface area contributed by atoms with Crippen LogP contribution in [0.1, 0.15) is 99.8 Å². The molecule has 0 aromatic heterocycles. The molecule has 3 fully saturated rings. The summed E-state index contributed by atoms with van der Waals surface area (Å²) in [6.07, 6.45) is 11.3. The van der Waals surface area contributed by atoms with Crippen molar-refractivity contribution in [3.05, 3.63) is 23.0 Å². The van der Waals surface area contributed by atoms with Gasteiger partial charge in [-0.25, -0.2) is 4.79 Å². The molecule has 1 unspecified atom stereocenters. The minimum atomic E-state index is -1.80. The first kappa shape index (κ1) is 28.1. The number of hydrogen-bond acceptors (Lipinski definition) is 3. The summed E-state index contributed by atoms with van der Waals surface area (Å²) < 4.78 is 27.3. The van der Waals surface area contributed by atoms with E-state index in [1.165, 1.54) is 6.42 Å². The number of carbonyl (C=O) groups excluding carboxylic acids is 1. The van der Waals surface area contributed by atoms with Crippen LogP contribution >= 0.6 is 0 Å². The Kier molecular flexibility index (Phi) is 7.54. The Labute approximate surface area is 220 Å². The molecule has 0 spiro atoms. The fourth-order valence-corrected chi connectivity index (χ4v) is 9.75. The number of rotatable bonds is 5. The average Bonchev–Trinajstić information content (AvgIpc) is 3.14. The molecule has 7 atom stereocenters. The molecule has 0 amide bonds. The summed E-state index contributed by atoms with van der Waals surface area (Å²) in [5, 5.41) is 0.228. The second kappa shape index (κ2) is 9.66. The first-order valence-corrected chi connectivity index (χ1v) is 17.6. The van der Waals surface area contributed by atoms with E-state index in [9.17, 15) is 4.79 Å². The number of carbonyl (C=O) groups is 1. The Bertz CT molecular complexity index is 931. The molecule has 4 aliphatic rings. The highest BCUT2D eigenvalue weighted by Gasteiger charge is 2.60. The van der Waals surface area contributed by atoms with Gasteiger partial charge in [0.15, 0.2) is 8.32 Å². The van der Waals surface area contributed by atoms with Crippen LogP contribution in [0.15, 0.2) is 23.0 Å². The van der Waals surface area contributed by atoms with E-state index >= 15 is 4.39 Å². The van der Waals surface area contributed by atoms with Gasteiger partial charge in [0.25, 0.3) is 0 Å². The van der Waals surface area contributed by atoms with Crippen molar-refractivity contribution in [2.75, 3.05) is 6.61 Å². The first-order chi connectivity index (χ1) is 16.7. The lowest BCUT2D eigenvalue weighted by molar-refractivity contribution is -0.140. The lowest BCUT2D eigenvalue weighted by atomic mass is 9.45. The maximum absolute atomic E-state index is 15.3. The summed E-state index contributed by atoms with van der Waals surface area (Å²) >= 11 is 0. The highest BCUT2D eigenvalue weighted by atomic mass is 28.4. The van der Waals surface area contributed by atoms with Crippen molar-refractivity contribution in [1.29, 1.82) is 0 Å². The van der Waals surface area contributed by atoms with Gasteiger partial charge in [-0.1, -0.05) is 53.2 Å². The zero-order valence-electron chi connectivity index (χ0n) is 24.4. The van der Waals surface area contributed by atoms with Gasteiger partial charge in [0.2, 0.25) is 5.83 Å². The summed E-state index contributed by atoms with van der Waals surface area (Å²) in [5.41, 5.74) is 2.37. The molecule has 36 heavy (non-hydrogen) atoms. The fourth-order valence-electron chi connectivity index (χ4n) is 8.37. The summed E-state index contributed by atoms with van der Waals surface area (Å²) in [7, 11) is -1.80. The molecule has 0 aliphatic heterocycles. The van der Waals surface area contributed by atoms with Gasteiger partial charge in [0.1, 0.15) is 0 Å². The van der Waals surface area contributed by atoms with Crippen LogP contribution in [-0.2, 0) is 14.0 Å². The highest BCUT2D eigenvalue weighted by Crippen LogP contribution is 2.68. The maximum atomic E-state index is 15.3. The number of esters is 1. The molecule has 0 aromatic carbocycles. The molecular weight excluding hydrogens is 467 g/mol. The van der Waals surface area contributed by atoms with E-state index < -0.39 is 20.1 Å². The van der Waals surface area contributed by atoms with Gasteiger partial charge in [-0.2, -0.15) is 4.39 Å². The Morgan fingerprint density at radius 2 is 1.72 bits per heavy atom. The Morgan fingerprint density at radius 1 is 1.08 bits per heavy atom. The smallest absolute Gasteiger partial charge is 0.367 e. The van der Waals surface area contributed by atoms with Crippen LogP contribution < -0.4 is 0 Å². The zero-order chi connectivity index (χ0) is 26.7. The van der Waals surface area contributed by atoms with E-state index in [4.69, 9.17) is 9.16 Å². The number of hydrogen-bond donors (Lipinski definition) is 0. The molecule has 5 heteroatoms. The van der Waals surface area contributed by atoms with E-state index in [1.54, 1.807) is 12.5 Å². The molecule has 0 N–H and O–H groups in total.